The van der Waals surface area contributed by atoms with Gasteiger partial charge in [-0.3, -0.25) is 0 Å². The molecule has 1 aromatic carbocycles. The third-order valence-corrected chi connectivity index (χ3v) is 2.67. The number of benzene rings is 1. The molecule has 3 heteroatoms. The number of nitriles is 1. The van der Waals surface area contributed by atoms with Crippen molar-refractivity contribution in [2.75, 3.05) is 0 Å². The molecule has 0 radical (unpaired) electrons. The molecule has 0 saturated heterocycles. The van der Waals surface area contributed by atoms with Crippen molar-refractivity contribution in [1.29, 1.82) is 5.26 Å². The third-order valence-electron chi connectivity index (χ3n) is 2.67. The number of hydrogen-bond acceptors (Lipinski definition) is 3. The Hall–Kier alpha value is -2.05. The summed E-state index contributed by atoms with van der Waals surface area (Å²) in [5.74, 6) is 0.929. The van der Waals surface area contributed by atoms with E-state index in [1.54, 1.807) is 6.26 Å². The van der Waals surface area contributed by atoms with Crippen LogP contribution in [0.4, 0.5) is 0 Å². The molecule has 0 aliphatic carbocycles. The van der Waals surface area contributed by atoms with E-state index in [1.165, 1.54) is 0 Å². The summed E-state index contributed by atoms with van der Waals surface area (Å²) < 4.78 is 5.31. The molecule has 2 aromatic rings. The van der Waals surface area contributed by atoms with Gasteiger partial charge < -0.3 is 9.73 Å². The van der Waals surface area contributed by atoms with E-state index in [1.807, 2.05) is 36.4 Å². The maximum atomic E-state index is 8.69. The highest BCUT2D eigenvalue weighted by Gasteiger charge is 2.06. The molecule has 1 N–H and O–H groups in total. The van der Waals surface area contributed by atoms with Crippen molar-refractivity contribution >= 4 is 0 Å². The van der Waals surface area contributed by atoms with Crippen molar-refractivity contribution in [2.45, 2.75) is 19.5 Å². The minimum atomic E-state index is 0.181. The minimum Gasteiger partial charge on any atom is -0.468 e. The van der Waals surface area contributed by atoms with E-state index in [-0.39, 0.29) is 6.04 Å². The largest absolute Gasteiger partial charge is 0.468 e. The highest BCUT2D eigenvalue weighted by molar-refractivity contribution is 5.31. The van der Waals surface area contributed by atoms with Crippen LogP contribution in [0.5, 0.6) is 0 Å². The lowest BCUT2D eigenvalue weighted by molar-refractivity contribution is 0.430. The Morgan fingerprint density at radius 1 is 1.29 bits per heavy atom. The number of nitrogens with zero attached hydrogens (tertiary/aromatic N) is 1. The second-order valence-electron chi connectivity index (χ2n) is 3.93. The van der Waals surface area contributed by atoms with Gasteiger partial charge in [-0.1, -0.05) is 12.1 Å². The van der Waals surface area contributed by atoms with Crippen LogP contribution in [0.15, 0.2) is 47.1 Å². The van der Waals surface area contributed by atoms with Crippen LogP contribution in [0.1, 0.15) is 29.9 Å². The van der Waals surface area contributed by atoms with E-state index in [0.717, 1.165) is 17.9 Å². The summed E-state index contributed by atoms with van der Waals surface area (Å²) in [4.78, 5) is 0. The minimum absolute atomic E-state index is 0.181. The van der Waals surface area contributed by atoms with Gasteiger partial charge in [-0.05, 0) is 36.8 Å². The number of hydrogen-bond donors (Lipinski definition) is 1. The molecule has 3 nitrogen and oxygen atoms in total. The van der Waals surface area contributed by atoms with Gasteiger partial charge in [0.1, 0.15) is 5.76 Å². The second-order valence-corrected chi connectivity index (χ2v) is 3.93. The highest BCUT2D eigenvalue weighted by Crippen LogP contribution is 2.13. The fourth-order valence-electron chi connectivity index (χ4n) is 1.61. The molecule has 2 rings (SSSR count). The molecular formula is C14H14N2O. The monoisotopic (exact) mass is 226 g/mol. The van der Waals surface area contributed by atoms with Gasteiger partial charge in [-0.2, -0.15) is 5.26 Å². The first kappa shape index (κ1) is 11.4. The first-order valence-electron chi connectivity index (χ1n) is 5.55. The standard InChI is InChI=1S/C14H14N2O/c1-11(14-3-2-8-17-14)16-10-13-6-4-12(9-15)5-7-13/h2-8,11,16H,10H2,1H3. The van der Waals surface area contributed by atoms with Gasteiger partial charge in [0.25, 0.3) is 0 Å². The normalized spacial score (nSPS) is 12.0. The number of rotatable bonds is 4. The van der Waals surface area contributed by atoms with E-state index in [2.05, 4.69) is 18.3 Å². The number of furan rings is 1. The van der Waals surface area contributed by atoms with Crippen LogP contribution in [0.25, 0.3) is 0 Å². The Labute approximate surface area is 101 Å². The summed E-state index contributed by atoms with van der Waals surface area (Å²) in [5, 5.41) is 12.1. The van der Waals surface area contributed by atoms with E-state index in [4.69, 9.17) is 9.68 Å². The van der Waals surface area contributed by atoms with Crippen molar-refractivity contribution in [1.82, 2.24) is 5.32 Å². The molecule has 0 amide bonds. The molecule has 1 unspecified atom stereocenters. The fraction of sp³-hybridized carbons (Fsp3) is 0.214. The molecule has 86 valence electrons. The molecule has 0 spiro atoms. The average molecular weight is 226 g/mol. The lowest BCUT2D eigenvalue weighted by Crippen LogP contribution is -2.17. The predicted octanol–water partition coefficient (Wildman–Crippen LogP) is 3.00. The molecule has 17 heavy (non-hydrogen) atoms. The summed E-state index contributed by atoms with van der Waals surface area (Å²) in [5.41, 5.74) is 1.84. The van der Waals surface area contributed by atoms with Gasteiger partial charge in [0.05, 0.1) is 23.9 Å². The van der Waals surface area contributed by atoms with Gasteiger partial charge in [-0.25, -0.2) is 0 Å². The molecule has 1 aromatic heterocycles. The van der Waals surface area contributed by atoms with Gasteiger partial charge >= 0.3 is 0 Å². The van der Waals surface area contributed by atoms with E-state index < -0.39 is 0 Å². The Balaban J connectivity index is 1.91. The smallest absolute Gasteiger partial charge is 0.120 e. The van der Waals surface area contributed by atoms with Gasteiger partial charge in [0, 0.05) is 6.54 Å². The molecular weight excluding hydrogens is 212 g/mol. The zero-order chi connectivity index (χ0) is 12.1. The van der Waals surface area contributed by atoms with Crippen LogP contribution in [0.3, 0.4) is 0 Å². The van der Waals surface area contributed by atoms with Crippen LogP contribution < -0.4 is 5.32 Å². The number of nitrogens with one attached hydrogen (secondary N) is 1. The maximum absolute atomic E-state index is 8.69. The zero-order valence-electron chi connectivity index (χ0n) is 9.68. The summed E-state index contributed by atoms with van der Waals surface area (Å²) in [6, 6.07) is 13.7. The Bertz CT molecular complexity index is 494. The topological polar surface area (TPSA) is 49.0 Å². The summed E-state index contributed by atoms with van der Waals surface area (Å²) in [7, 11) is 0. The summed E-state index contributed by atoms with van der Waals surface area (Å²) in [6.07, 6.45) is 1.68. The second kappa shape index (κ2) is 5.33. The SMILES string of the molecule is CC(NCc1ccc(C#N)cc1)c1ccco1. The molecule has 0 aliphatic heterocycles. The fourth-order valence-corrected chi connectivity index (χ4v) is 1.61. The lowest BCUT2D eigenvalue weighted by atomic mass is 10.1. The predicted molar refractivity (Wildman–Crippen MR) is 65.1 cm³/mol. The van der Waals surface area contributed by atoms with E-state index in [9.17, 15) is 0 Å². The first-order chi connectivity index (χ1) is 8.29. The highest BCUT2D eigenvalue weighted by atomic mass is 16.3. The molecule has 1 heterocycles. The van der Waals surface area contributed by atoms with Gasteiger partial charge in [0.15, 0.2) is 0 Å². The molecule has 0 bridgehead atoms. The van der Waals surface area contributed by atoms with E-state index >= 15 is 0 Å². The maximum Gasteiger partial charge on any atom is 0.120 e. The zero-order valence-corrected chi connectivity index (χ0v) is 9.68. The van der Waals surface area contributed by atoms with Crippen LogP contribution in [0.2, 0.25) is 0 Å². The van der Waals surface area contributed by atoms with Gasteiger partial charge in [0.2, 0.25) is 0 Å². The Kier molecular flexibility index (Phi) is 3.59. The van der Waals surface area contributed by atoms with Gasteiger partial charge in [-0.15, -0.1) is 0 Å². The van der Waals surface area contributed by atoms with Crippen LogP contribution in [-0.4, -0.2) is 0 Å². The van der Waals surface area contributed by atoms with Crippen molar-refractivity contribution in [2.24, 2.45) is 0 Å². The average Bonchev–Trinajstić information content (AvgIpc) is 2.90. The van der Waals surface area contributed by atoms with Crippen LogP contribution in [-0.2, 0) is 6.54 Å². The summed E-state index contributed by atoms with van der Waals surface area (Å²) in [6.45, 7) is 2.82. The van der Waals surface area contributed by atoms with Crippen molar-refractivity contribution in [3.05, 3.63) is 59.5 Å². The van der Waals surface area contributed by atoms with Crippen LogP contribution in [0, 0.1) is 11.3 Å². The third kappa shape index (κ3) is 2.96. The molecule has 0 aliphatic rings. The van der Waals surface area contributed by atoms with Crippen LogP contribution >= 0.6 is 0 Å². The van der Waals surface area contributed by atoms with Crippen molar-refractivity contribution < 1.29 is 4.42 Å². The Morgan fingerprint density at radius 3 is 2.65 bits per heavy atom. The van der Waals surface area contributed by atoms with Crippen molar-refractivity contribution in [3.8, 4) is 6.07 Å². The molecule has 0 saturated carbocycles. The first-order valence-corrected chi connectivity index (χ1v) is 5.55. The summed E-state index contributed by atoms with van der Waals surface area (Å²) >= 11 is 0. The van der Waals surface area contributed by atoms with E-state index in [0.29, 0.717) is 5.56 Å². The molecule has 0 fully saturated rings. The van der Waals surface area contributed by atoms with Crippen molar-refractivity contribution in [3.63, 3.8) is 0 Å². The quantitative estimate of drug-likeness (QED) is 0.871. The lowest BCUT2D eigenvalue weighted by Gasteiger charge is -2.11. The molecule has 1 atom stereocenters. The Morgan fingerprint density at radius 2 is 2.06 bits per heavy atom.